The minimum atomic E-state index is -0.328. The largest absolute Gasteiger partial charge is 0.342 e. The van der Waals surface area contributed by atoms with Crippen LogP contribution in [0.25, 0.3) is 0 Å². The molecule has 0 saturated carbocycles. The van der Waals surface area contributed by atoms with E-state index in [1.54, 1.807) is 23.1 Å². The van der Waals surface area contributed by atoms with Gasteiger partial charge in [-0.1, -0.05) is 17.7 Å². The molecule has 27 heavy (non-hydrogen) atoms. The van der Waals surface area contributed by atoms with E-state index in [9.17, 15) is 9.59 Å². The van der Waals surface area contributed by atoms with Crippen LogP contribution in [-0.4, -0.2) is 46.5 Å². The van der Waals surface area contributed by atoms with Crippen molar-refractivity contribution in [1.82, 2.24) is 15.0 Å². The van der Waals surface area contributed by atoms with Gasteiger partial charge < -0.3 is 14.3 Å². The minimum Gasteiger partial charge on any atom is -0.342 e. The second-order valence-electron chi connectivity index (χ2n) is 6.89. The molecule has 7 nitrogen and oxygen atoms in total. The van der Waals surface area contributed by atoms with Gasteiger partial charge in [-0.3, -0.25) is 9.59 Å². The number of piperidine rings is 1. The van der Waals surface area contributed by atoms with Gasteiger partial charge in [-0.05, 0) is 47.8 Å². The standard InChI is InChI=1S/C18H18Cl2N4O3/c19-13-2-1-3-14(9-13)24-10-12(8-15(24)25)17(26)23-6-4-11(5-7-23)16-21-18(20)22-27-16/h1-3,9,11-12H,4-8,10H2. The van der Waals surface area contributed by atoms with Gasteiger partial charge in [0, 0.05) is 42.7 Å². The van der Waals surface area contributed by atoms with Crippen LogP contribution in [-0.2, 0) is 9.59 Å². The Morgan fingerprint density at radius 3 is 2.67 bits per heavy atom. The van der Waals surface area contributed by atoms with E-state index in [1.165, 1.54) is 0 Å². The summed E-state index contributed by atoms with van der Waals surface area (Å²) in [7, 11) is 0. The van der Waals surface area contributed by atoms with Crippen molar-refractivity contribution in [3.05, 3.63) is 40.5 Å². The molecule has 4 rings (SSSR count). The van der Waals surface area contributed by atoms with Crippen molar-refractivity contribution < 1.29 is 14.1 Å². The summed E-state index contributed by atoms with van der Waals surface area (Å²) in [5, 5.41) is 4.28. The number of carbonyl (C=O) groups excluding carboxylic acids is 2. The number of aromatic nitrogens is 2. The quantitative estimate of drug-likeness (QED) is 0.778. The molecule has 0 N–H and O–H groups in total. The van der Waals surface area contributed by atoms with Gasteiger partial charge >= 0.3 is 0 Å². The highest BCUT2D eigenvalue weighted by Gasteiger charge is 2.38. The van der Waals surface area contributed by atoms with Crippen molar-refractivity contribution in [2.45, 2.75) is 25.2 Å². The first-order valence-corrected chi connectivity index (χ1v) is 9.60. The van der Waals surface area contributed by atoms with E-state index in [1.807, 2.05) is 11.0 Å². The maximum Gasteiger partial charge on any atom is 0.263 e. The molecule has 1 atom stereocenters. The smallest absolute Gasteiger partial charge is 0.263 e. The number of likely N-dealkylation sites (tertiary alicyclic amines) is 1. The van der Waals surface area contributed by atoms with Crippen molar-refractivity contribution in [3.8, 4) is 0 Å². The van der Waals surface area contributed by atoms with Crippen LogP contribution in [0.15, 0.2) is 28.8 Å². The Labute approximate surface area is 166 Å². The molecule has 3 heterocycles. The molecule has 1 aromatic carbocycles. The van der Waals surface area contributed by atoms with Gasteiger partial charge in [-0.15, -0.1) is 0 Å². The number of hydrogen-bond acceptors (Lipinski definition) is 5. The van der Waals surface area contributed by atoms with Crippen LogP contribution in [0.4, 0.5) is 5.69 Å². The van der Waals surface area contributed by atoms with Crippen molar-refractivity contribution >= 4 is 40.7 Å². The summed E-state index contributed by atoms with van der Waals surface area (Å²) in [5.41, 5.74) is 0.731. The Morgan fingerprint density at radius 1 is 1.22 bits per heavy atom. The zero-order chi connectivity index (χ0) is 19.0. The highest BCUT2D eigenvalue weighted by atomic mass is 35.5. The third kappa shape index (κ3) is 3.80. The lowest BCUT2D eigenvalue weighted by Gasteiger charge is -2.32. The molecule has 0 radical (unpaired) electrons. The number of halogens is 2. The molecular weight excluding hydrogens is 391 g/mol. The molecule has 2 aliphatic heterocycles. The highest BCUT2D eigenvalue weighted by molar-refractivity contribution is 6.31. The lowest BCUT2D eigenvalue weighted by atomic mass is 9.95. The second kappa shape index (κ2) is 7.48. The average molecular weight is 409 g/mol. The van der Waals surface area contributed by atoms with Crippen LogP contribution in [0.2, 0.25) is 10.3 Å². The summed E-state index contributed by atoms with van der Waals surface area (Å²) in [6.07, 6.45) is 1.70. The van der Waals surface area contributed by atoms with Crippen LogP contribution < -0.4 is 4.90 Å². The van der Waals surface area contributed by atoms with Gasteiger partial charge in [-0.25, -0.2) is 0 Å². The first kappa shape index (κ1) is 18.3. The fraction of sp³-hybridized carbons (Fsp3) is 0.444. The Kier molecular flexibility index (Phi) is 5.06. The molecule has 142 valence electrons. The van der Waals surface area contributed by atoms with Crippen LogP contribution >= 0.6 is 23.2 Å². The normalized spacial score (nSPS) is 21.1. The maximum atomic E-state index is 12.9. The van der Waals surface area contributed by atoms with E-state index in [0.29, 0.717) is 30.5 Å². The fourth-order valence-electron chi connectivity index (χ4n) is 3.75. The molecule has 9 heteroatoms. The van der Waals surface area contributed by atoms with Crippen molar-refractivity contribution in [2.24, 2.45) is 5.92 Å². The molecule has 0 spiro atoms. The van der Waals surface area contributed by atoms with E-state index in [0.717, 1.165) is 18.5 Å². The SMILES string of the molecule is O=C(C1CC(=O)N(c2cccc(Cl)c2)C1)N1CCC(c2nc(Cl)no2)CC1. The summed E-state index contributed by atoms with van der Waals surface area (Å²) in [6, 6.07) is 7.13. The molecular formula is C18H18Cl2N4O3. The van der Waals surface area contributed by atoms with E-state index in [2.05, 4.69) is 10.1 Å². The number of nitrogens with zero attached hydrogens (tertiary/aromatic N) is 4. The molecule has 2 amide bonds. The fourth-order valence-corrected chi connectivity index (χ4v) is 4.06. The van der Waals surface area contributed by atoms with Crippen molar-refractivity contribution in [1.29, 1.82) is 0 Å². The first-order valence-electron chi connectivity index (χ1n) is 8.85. The Balaban J connectivity index is 1.37. The third-order valence-corrected chi connectivity index (χ3v) is 5.56. The summed E-state index contributed by atoms with van der Waals surface area (Å²) in [6.45, 7) is 1.59. The van der Waals surface area contributed by atoms with E-state index in [-0.39, 0.29) is 35.4 Å². The zero-order valence-electron chi connectivity index (χ0n) is 14.5. The topological polar surface area (TPSA) is 79.5 Å². The van der Waals surface area contributed by atoms with E-state index in [4.69, 9.17) is 27.7 Å². The predicted octanol–water partition coefficient (Wildman–Crippen LogP) is 3.14. The van der Waals surface area contributed by atoms with E-state index < -0.39 is 0 Å². The van der Waals surface area contributed by atoms with Gasteiger partial charge in [-0.2, -0.15) is 4.98 Å². The number of carbonyl (C=O) groups is 2. The Morgan fingerprint density at radius 2 is 2.00 bits per heavy atom. The van der Waals surface area contributed by atoms with Gasteiger partial charge in [0.15, 0.2) is 0 Å². The molecule has 2 aliphatic rings. The summed E-state index contributed by atoms with van der Waals surface area (Å²) in [4.78, 5) is 32.8. The summed E-state index contributed by atoms with van der Waals surface area (Å²) in [5.74, 6) is 0.282. The second-order valence-corrected chi connectivity index (χ2v) is 7.66. The maximum absolute atomic E-state index is 12.9. The lowest BCUT2D eigenvalue weighted by molar-refractivity contribution is -0.136. The molecule has 1 unspecified atom stereocenters. The number of rotatable bonds is 3. The van der Waals surface area contributed by atoms with Gasteiger partial charge in [0.2, 0.25) is 17.7 Å². The van der Waals surface area contributed by atoms with Crippen LogP contribution in [0.5, 0.6) is 0 Å². The average Bonchev–Trinajstić information content (AvgIpc) is 3.27. The molecule has 2 fully saturated rings. The Bertz CT molecular complexity index is 864. The first-order chi connectivity index (χ1) is 13.0. The van der Waals surface area contributed by atoms with E-state index >= 15 is 0 Å². The number of benzene rings is 1. The summed E-state index contributed by atoms with van der Waals surface area (Å²) >= 11 is 11.7. The van der Waals surface area contributed by atoms with Crippen molar-refractivity contribution in [2.75, 3.05) is 24.5 Å². The van der Waals surface area contributed by atoms with Crippen LogP contribution in [0.3, 0.4) is 0 Å². The highest BCUT2D eigenvalue weighted by Crippen LogP contribution is 2.31. The van der Waals surface area contributed by atoms with Gasteiger partial charge in [0.05, 0.1) is 5.92 Å². The number of hydrogen-bond donors (Lipinski definition) is 0. The monoisotopic (exact) mass is 408 g/mol. The molecule has 1 aromatic heterocycles. The Hall–Kier alpha value is -2.12. The summed E-state index contributed by atoms with van der Waals surface area (Å²) < 4.78 is 5.13. The van der Waals surface area contributed by atoms with Crippen LogP contribution in [0.1, 0.15) is 31.1 Å². The number of amides is 2. The number of anilines is 1. The molecule has 0 bridgehead atoms. The molecule has 2 saturated heterocycles. The molecule has 0 aliphatic carbocycles. The molecule has 2 aromatic rings. The van der Waals surface area contributed by atoms with Gasteiger partial charge in [0.1, 0.15) is 0 Å². The zero-order valence-corrected chi connectivity index (χ0v) is 16.0. The van der Waals surface area contributed by atoms with Crippen LogP contribution in [0, 0.1) is 5.92 Å². The predicted molar refractivity (Wildman–Crippen MR) is 99.8 cm³/mol. The van der Waals surface area contributed by atoms with Crippen molar-refractivity contribution in [3.63, 3.8) is 0 Å². The third-order valence-electron chi connectivity index (χ3n) is 5.17. The van der Waals surface area contributed by atoms with Gasteiger partial charge in [0.25, 0.3) is 5.28 Å². The minimum absolute atomic E-state index is 0.0230. The lowest BCUT2D eigenvalue weighted by Crippen LogP contribution is -2.42.